The van der Waals surface area contributed by atoms with Gasteiger partial charge in [-0.05, 0) is 31.2 Å². The molecule has 0 aliphatic rings. The van der Waals surface area contributed by atoms with E-state index in [0.29, 0.717) is 16.5 Å². The summed E-state index contributed by atoms with van der Waals surface area (Å²) in [5.41, 5.74) is 8.03. The Balaban J connectivity index is 1.92. The zero-order valence-electron chi connectivity index (χ0n) is 11.0. The number of hydrogen-bond acceptors (Lipinski definition) is 3. The average molecular weight is 291 g/mol. The van der Waals surface area contributed by atoms with E-state index in [0.717, 1.165) is 11.3 Å². The van der Waals surface area contributed by atoms with E-state index in [2.05, 4.69) is 5.32 Å². The lowest BCUT2D eigenvalue weighted by atomic mass is 10.2. The second kappa shape index (κ2) is 6.30. The van der Waals surface area contributed by atoms with Crippen molar-refractivity contribution in [2.75, 3.05) is 17.7 Å². The molecule has 0 heterocycles. The van der Waals surface area contributed by atoms with E-state index < -0.39 is 0 Å². The molecule has 5 heteroatoms. The molecule has 0 saturated carbocycles. The number of nitrogens with two attached hydrogens (primary N) is 1. The number of anilines is 2. The number of hydrogen-bond donors (Lipinski definition) is 2. The number of aryl methyl sites for hydroxylation is 1. The summed E-state index contributed by atoms with van der Waals surface area (Å²) in [7, 11) is 0. The predicted octanol–water partition coefficient (Wildman–Crippen LogP) is 3.25. The number of ether oxygens (including phenoxy) is 1. The Morgan fingerprint density at radius 1 is 1.25 bits per heavy atom. The van der Waals surface area contributed by atoms with Crippen molar-refractivity contribution in [2.24, 2.45) is 0 Å². The van der Waals surface area contributed by atoms with Gasteiger partial charge in [0.1, 0.15) is 5.75 Å². The van der Waals surface area contributed by atoms with Crippen molar-refractivity contribution in [3.63, 3.8) is 0 Å². The molecule has 0 atom stereocenters. The molecule has 0 saturated heterocycles. The molecular weight excluding hydrogens is 276 g/mol. The quantitative estimate of drug-likeness (QED) is 0.850. The molecule has 0 aliphatic carbocycles. The fourth-order valence-corrected chi connectivity index (χ4v) is 1.77. The molecule has 0 aromatic heterocycles. The summed E-state index contributed by atoms with van der Waals surface area (Å²) in [5.74, 6) is 0.143. The fraction of sp³-hybridized carbons (Fsp3) is 0.133. The molecule has 0 aliphatic heterocycles. The van der Waals surface area contributed by atoms with Crippen LogP contribution in [0.15, 0.2) is 42.5 Å². The molecule has 2 rings (SSSR count). The Morgan fingerprint density at radius 3 is 2.65 bits per heavy atom. The van der Waals surface area contributed by atoms with Crippen molar-refractivity contribution in [1.29, 1.82) is 0 Å². The summed E-state index contributed by atoms with van der Waals surface area (Å²) >= 11 is 5.84. The van der Waals surface area contributed by atoms with E-state index in [-0.39, 0.29) is 12.5 Å². The Kier molecular flexibility index (Phi) is 4.48. The Morgan fingerprint density at radius 2 is 1.95 bits per heavy atom. The maximum absolute atomic E-state index is 11.8. The van der Waals surface area contributed by atoms with E-state index in [1.165, 1.54) is 0 Å². The van der Waals surface area contributed by atoms with E-state index in [1.54, 1.807) is 18.2 Å². The van der Waals surface area contributed by atoms with E-state index in [1.807, 2.05) is 31.2 Å². The van der Waals surface area contributed by atoms with Gasteiger partial charge in [-0.25, -0.2) is 0 Å². The van der Waals surface area contributed by atoms with E-state index in [9.17, 15) is 4.79 Å². The highest BCUT2D eigenvalue weighted by Gasteiger charge is 2.06. The largest absolute Gasteiger partial charge is 0.482 e. The lowest BCUT2D eigenvalue weighted by Gasteiger charge is -2.09. The van der Waals surface area contributed by atoms with Gasteiger partial charge in [0.25, 0.3) is 5.91 Å². The van der Waals surface area contributed by atoms with Gasteiger partial charge in [0, 0.05) is 16.8 Å². The molecule has 0 radical (unpaired) electrons. The lowest BCUT2D eigenvalue weighted by molar-refractivity contribution is -0.118. The first-order valence-corrected chi connectivity index (χ1v) is 6.47. The van der Waals surface area contributed by atoms with Gasteiger partial charge in [-0.2, -0.15) is 0 Å². The maximum Gasteiger partial charge on any atom is 0.262 e. The molecule has 0 unspecified atom stereocenters. The number of nitrogens with one attached hydrogen (secondary N) is 1. The molecule has 1 amide bonds. The molecule has 2 aromatic carbocycles. The number of amides is 1. The number of rotatable bonds is 4. The molecule has 2 aromatic rings. The number of nitrogen functional groups attached to an aromatic ring is 1. The van der Waals surface area contributed by atoms with Gasteiger partial charge >= 0.3 is 0 Å². The third kappa shape index (κ3) is 3.90. The Labute approximate surface area is 122 Å². The van der Waals surface area contributed by atoms with Gasteiger partial charge in [-0.3, -0.25) is 4.79 Å². The van der Waals surface area contributed by atoms with Crippen LogP contribution in [-0.4, -0.2) is 12.5 Å². The number of halogens is 1. The smallest absolute Gasteiger partial charge is 0.262 e. The fourth-order valence-electron chi connectivity index (χ4n) is 1.61. The predicted molar refractivity (Wildman–Crippen MR) is 81.2 cm³/mol. The third-order valence-electron chi connectivity index (χ3n) is 2.67. The van der Waals surface area contributed by atoms with Crippen LogP contribution in [0.25, 0.3) is 0 Å². The van der Waals surface area contributed by atoms with Crippen molar-refractivity contribution >= 4 is 28.9 Å². The summed E-state index contributed by atoms with van der Waals surface area (Å²) in [5, 5.41) is 3.24. The van der Waals surface area contributed by atoms with Crippen LogP contribution < -0.4 is 15.8 Å². The average Bonchev–Trinajstić information content (AvgIpc) is 2.42. The first-order chi connectivity index (χ1) is 9.54. The van der Waals surface area contributed by atoms with Crippen LogP contribution in [0.1, 0.15) is 5.56 Å². The molecular formula is C15H15ClN2O2. The SMILES string of the molecule is Cc1ccc(NC(=O)COc2cc(Cl)ccc2N)cc1. The first-order valence-electron chi connectivity index (χ1n) is 6.09. The zero-order valence-corrected chi connectivity index (χ0v) is 11.8. The van der Waals surface area contributed by atoms with Crippen molar-refractivity contribution < 1.29 is 9.53 Å². The number of carbonyl (C=O) groups is 1. The molecule has 0 spiro atoms. The van der Waals surface area contributed by atoms with Crippen LogP contribution in [0.3, 0.4) is 0 Å². The summed E-state index contributed by atoms with van der Waals surface area (Å²) in [4.78, 5) is 11.8. The van der Waals surface area contributed by atoms with Crippen LogP contribution in [-0.2, 0) is 4.79 Å². The van der Waals surface area contributed by atoms with Gasteiger partial charge in [0.15, 0.2) is 6.61 Å². The molecule has 20 heavy (non-hydrogen) atoms. The topological polar surface area (TPSA) is 64.3 Å². The van der Waals surface area contributed by atoms with Crippen LogP contribution in [0.5, 0.6) is 5.75 Å². The number of carbonyl (C=O) groups excluding carboxylic acids is 1. The number of benzene rings is 2. The van der Waals surface area contributed by atoms with Crippen LogP contribution in [0.2, 0.25) is 5.02 Å². The minimum Gasteiger partial charge on any atom is -0.482 e. The molecule has 0 fully saturated rings. The highest BCUT2D eigenvalue weighted by atomic mass is 35.5. The van der Waals surface area contributed by atoms with Crippen molar-refractivity contribution in [3.8, 4) is 5.75 Å². The molecule has 4 nitrogen and oxygen atoms in total. The summed E-state index contributed by atoms with van der Waals surface area (Å²) in [6, 6.07) is 12.4. The van der Waals surface area contributed by atoms with Gasteiger partial charge in [-0.1, -0.05) is 29.3 Å². The molecule has 3 N–H and O–H groups in total. The minimum atomic E-state index is -0.256. The summed E-state index contributed by atoms with van der Waals surface area (Å²) in [6.45, 7) is 1.86. The van der Waals surface area contributed by atoms with Crippen molar-refractivity contribution in [3.05, 3.63) is 53.1 Å². The second-order valence-corrected chi connectivity index (χ2v) is 4.82. The molecule has 104 valence electrons. The highest BCUT2D eigenvalue weighted by molar-refractivity contribution is 6.30. The van der Waals surface area contributed by atoms with Crippen molar-refractivity contribution in [2.45, 2.75) is 6.92 Å². The first kappa shape index (κ1) is 14.2. The van der Waals surface area contributed by atoms with Gasteiger partial charge in [-0.15, -0.1) is 0 Å². The van der Waals surface area contributed by atoms with Gasteiger partial charge < -0.3 is 15.8 Å². The van der Waals surface area contributed by atoms with Gasteiger partial charge in [0.2, 0.25) is 0 Å². The summed E-state index contributed by atoms with van der Waals surface area (Å²) in [6.07, 6.45) is 0. The Bertz CT molecular complexity index is 612. The monoisotopic (exact) mass is 290 g/mol. The maximum atomic E-state index is 11.8. The Hall–Kier alpha value is -2.20. The second-order valence-electron chi connectivity index (χ2n) is 4.39. The van der Waals surface area contributed by atoms with Gasteiger partial charge in [0.05, 0.1) is 5.69 Å². The van der Waals surface area contributed by atoms with Crippen LogP contribution in [0, 0.1) is 6.92 Å². The van der Waals surface area contributed by atoms with Crippen LogP contribution in [0.4, 0.5) is 11.4 Å². The minimum absolute atomic E-state index is 0.127. The molecule has 0 bridgehead atoms. The lowest BCUT2D eigenvalue weighted by Crippen LogP contribution is -2.20. The summed E-state index contributed by atoms with van der Waals surface area (Å²) < 4.78 is 5.35. The van der Waals surface area contributed by atoms with E-state index in [4.69, 9.17) is 22.1 Å². The highest BCUT2D eigenvalue weighted by Crippen LogP contribution is 2.25. The zero-order chi connectivity index (χ0) is 14.5. The van der Waals surface area contributed by atoms with Crippen molar-refractivity contribution in [1.82, 2.24) is 0 Å². The van der Waals surface area contributed by atoms with Crippen LogP contribution >= 0.6 is 11.6 Å². The normalized spacial score (nSPS) is 10.1. The third-order valence-corrected chi connectivity index (χ3v) is 2.90. The van der Waals surface area contributed by atoms with E-state index >= 15 is 0 Å². The standard InChI is InChI=1S/C15H15ClN2O2/c1-10-2-5-12(6-3-10)18-15(19)9-20-14-8-11(16)4-7-13(14)17/h2-8H,9,17H2,1H3,(H,18,19).